The predicted octanol–water partition coefficient (Wildman–Crippen LogP) is 4.37. The first-order valence-electron chi connectivity index (χ1n) is 5.89. The van der Waals surface area contributed by atoms with E-state index in [1.54, 1.807) is 0 Å². The van der Waals surface area contributed by atoms with Gasteiger partial charge in [0.15, 0.2) is 0 Å². The fourth-order valence-electron chi connectivity index (χ4n) is 2.34. The minimum Gasteiger partial charge on any atom is -0.381 e. The second-order valence-corrected chi connectivity index (χ2v) is 5.84. The van der Waals surface area contributed by atoms with E-state index in [0.717, 1.165) is 11.4 Å². The van der Waals surface area contributed by atoms with E-state index in [-0.39, 0.29) is 0 Å². The molecule has 0 saturated carbocycles. The van der Waals surface area contributed by atoms with Gasteiger partial charge in [0.1, 0.15) is 0 Å². The maximum Gasteiger partial charge on any atom is 0.0483 e. The lowest BCUT2D eigenvalue weighted by atomic mass is 9.98. The Bertz CT molecular complexity index is 520. The largest absolute Gasteiger partial charge is 0.381 e. The Morgan fingerprint density at radius 1 is 1.29 bits per heavy atom. The van der Waals surface area contributed by atoms with E-state index in [2.05, 4.69) is 28.9 Å². The van der Waals surface area contributed by atoms with Gasteiger partial charge in [-0.1, -0.05) is 29.8 Å². The average Bonchev–Trinajstić information content (AvgIpc) is 2.79. The summed E-state index contributed by atoms with van der Waals surface area (Å²) in [6.45, 7) is 0. The number of fused-ring (bicyclic) bond motifs is 1. The van der Waals surface area contributed by atoms with Crippen LogP contribution in [-0.2, 0) is 12.8 Å². The third-order valence-corrected chi connectivity index (χ3v) is 4.60. The van der Waals surface area contributed by atoms with Crippen molar-refractivity contribution in [2.45, 2.75) is 25.3 Å². The molecule has 0 fully saturated rings. The summed E-state index contributed by atoms with van der Waals surface area (Å²) in [5.74, 6) is 0. The molecule has 1 aromatic heterocycles. The zero-order valence-corrected chi connectivity index (χ0v) is 11.0. The van der Waals surface area contributed by atoms with Crippen LogP contribution < -0.4 is 5.32 Å². The van der Waals surface area contributed by atoms with Gasteiger partial charge in [0, 0.05) is 21.6 Å². The van der Waals surface area contributed by atoms with Gasteiger partial charge in [0.2, 0.25) is 0 Å². The normalized spacial score (nSPS) is 18.5. The van der Waals surface area contributed by atoms with Crippen LogP contribution in [0.25, 0.3) is 0 Å². The number of hydrogen-bond acceptors (Lipinski definition) is 2. The van der Waals surface area contributed by atoms with Crippen LogP contribution in [0, 0.1) is 0 Å². The number of halogens is 1. The Labute approximate surface area is 110 Å². The molecule has 0 bridgehead atoms. The lowest BCUT2D eigenvalue weighted by Gasteiger charge is -2.25. The van der Waals surface area contributed by atoms with Crippen molar-refractivity contribution in [1.82, 2.24) is 0 Å². The molecule has 1 nitrogen and oxygen atoms in total. The maximum atomic E-state index is 6.20. The topological polar surface area (TPSA) is 12.0 Å². The van der Waals surface area contributed by atoms with Crippen LogP contribution in [-0.4, -0.2) is 6.04 Å². The highest BCUT2D eigenvalue weighted by atomic mass is 35.5. The van der Waals surface area contributed by atoms with Crippen LogP contribution in [0.5, 0.6) is 0 Å². The van der Waals surface area contributed by atoms with E-state index in [9.17, 15) is 0 Å². The van der Waals surface area contributed by atoms with Crippen molar-refractivity contribution in [1.29, 1.82) is 0 Å². The van der Waals surface area contributed by atoms with Crippen molar-refractivity contribution < 1.29 is 0 Å². The lowest BCUT2D eigenvalue weighted by molar-refractivity contribution is 0.634. The summed E-state index contributed by atoms with van der Waals surface area (Å²) < 4.78 is 0. The molecule has 0 amide bonds. The third kappa shape index (κ3) is 2.33. The molecule has 1 aliphatic heterocycles. The molecule has 3 rings (SSSR count). The van der Waals surface area contributed by atoms with Crippen LogP contribution in [0.15, 0.2) is 35.7 Å². The number of aryl methyl sites for hydroxylation is 1. The molecular formula is C14H14ClNS. The van der Waals surface area contributed by atoms with Gasteiger partial charge in [-0.05, 0) is 42.3 Å². The van der Waals surface area contributed by atoms with E-state index in [4.69, 9.17) is 11.6 Å². The summed E-state index contributed by atoms with van der Waals surface area (Å²) in [6, 6.07) is 10.8. The Morgan fingerprint density at radius 3 is 3.06 bits per heavy atom. The van der Waals surface area contributed by atoms with Crippen molar-refractivity contribution in [2.24, 2.45) is 0 Å². The summed E-state index contributed by atoms with van der Waals surface area (Å²) in [5.41, 5.74) is 2.56. The van der Waals surface area contributed by atoms with E-state index in [1.165, 1.54) is 29.0 Å². The molecule has 0 spiro atoms. The second kappa shape index (κ2) is 4.71. The summed E-state index contributed by atoms with van der Waals surface area (Å²) in [7, 11) is 0. The van der Waals surface area contributed by atoms with Gasteiger partial charge in [-0.2, -0.15) is 0 Å². The van der Waals surface area contributed by atoms with Crippen molar-refractivity contribution >= 4 is 28.6 Å². The van der Waals surface area contributed by atoms with E-state index in [0.29, 0.717) is 6.04 Å². The van der Waals surface area contributed by atoms with Gasteiger partial charge in [-0.3, -0.25) is 0 Å². The highest BCUT2D eigenvalue weighted by Gasteiger charge is 2.19. The Balaban J connectivity index is 1.74. The zero-order chi connectivity index (χ0) is 11.7. The van der Waals surface area contributed by atoms with Gasteiger partial charge in [-0.25, -0.2) is 0 Å². The van der Waals surface area contributed by atoms with Crippen molar-refractivity contribution in [2.75, 3.05) is 5.32 Å². The molecule has 0 radical (unpaired) electrons. The molecule has 88 valence electrons. The number of rotatable bonds is 2. The minimum atomic E-state index is 0.511. The molecule has 1 atom stereocenters. The summed E-state index contributed by atoms with van der Waals surface area (Å²) in [5, 5.41) is 6.65. The monoisotopic (exact) mass is 263 g/mol. The Kier molecular flexibility index (Phi) is 3.08. The molecule has 3 heteroatoms. The highest BCUT2D eigenvalue weighted by Crippen LogP contribution is 2.31. The summed E-state index contributed by atoms with van der Waals surface area (Å²) in [6.07, 6.45) is 3.39. The maximum absolute atomic E-state index is 6.20. The standard InChI is InChI=1S/C14H14ClNS/c15-12-4-2-1-3-10(12)9-11-5-6-14-13(16-11)7-8-17-14/h1-4,7-8,11,16H,5-6,9H2. The smallest absolute Gasteiger partial charge is 0.0483 e. The van der Waals surface area contributed by atoms with Crippen LogP contribution in [0.1, 0.15) is 16.9 Å². The molecule has 2 heterocycles. The molecule has 1 aliphatic rings. The minimum absolute atomic E-state index is 0.511. The van der Waals surface area contributed by atoms with Crippen molar-refractivity contribution in [3.8, 4) is 0 Å². The van der Waals surface area contributed by atoms with Gasteiger partial charge in [0.05, 0.1) is 0 Å². The first-order valence-corrected chi connectivity index (χ1v) is 7.15. The van der Waals surface area contributed by atoms with E-state index in [1.807, 2.05) is 23.5 Å². The second-order valence-electron chi connectivity index (χ2n) is 4.43. The van der Waals surface area contributed by atoms with E-state index < -0.39 is 0 Å². The molecule has 17 heavy (non-hydrogen) atoms. The third-order valence-electron chi connectivity index (χ3n) is 3.25. The number of thiophene rings is 1. The Hall–Kier alpha value is -0.990. The summed E-state index contributed by atoms with van der Waals surface area (Å²) in [4.78, 5) is 1.49. The van der Waals surface area contributed by atoms with Crippen LogP contribution in [0.3, 0.4) is 0 Å². The van der Waals surface area contributed by atoms with Crippen LogP contribution >= 0.6 is 22.9 Å². The molecule has 0 saturated heterocycles. The molecule has 2 aromatic rings. The number of anilines is 1. The van der Waals surface area contributed by atoms with Gasteiger partial charge < -0.3 is 5.32 Å². The molecule has 0 aliphatic carbocycles. The predicted molar refractivity (Wildman–Crippen MR) is 75.2 cm³/mol. The van der Waals surface area contributed by atoms with Gasteiger partial charge in [0.25, 0.3) is 0 Å². The van der Waals surface area contributed by atoms with Crippen molar-refractivity contribution in [3.05, 3.63) is 51.2 Å². The average molecular weight is 264 g/mol. The number of nitrogens with one attached hydrogen (secondary N) is 1. The van der Waals surface area contributed by atoms with Gasteiger partial charge in [-0.15, -0.1) is 11.3 Å². The molecule has 1 aromatic carbocycles. The Morgan fingerprint density at radius 2 is 2.18 bits per heavy atom. The fourth-order valence-corrected chi connectivity index (χ4v) is 3.41. The quantitative estimate of drug-likeness (QED) is 0.848. The van der Waals surface area contributed by atoms with Crippen molar-refractivity contribution in [3.63, 3.8) is 0 Å². The van der Waals surface area contributed by atoms with Crippen LogP contribution in [0.4, 0.5) is 5.69 Å². The summed E-state index contributed by atoms with van der Waals surface area (Å²) >= 11 is 8.05. The zero-order valence-electron chi connectivity index (χ0n) is 9.45. The molecular weight excluding hydrogens is 250 g/mol. The van der Waals surface area contributed by atoms with E-state index >= 15 is 0 Å². The first kappa shape index (κ1) is 11.1. The number of hydrogen-bond donors (Lipinski definition) is 1. The fraction of sp³-hybridized carbons (Fsp3) is 0.286. The first-order chi connectivity index (χ1) is 8.33. The lowest BCUT2D eigenvalue weighted by Crippen LogP contribution is -2.26. The van der Waals surface area contributed by atoms with Crippen LogP contribution in [0.2, 0.25) is 5.02 Å². The molecule has 1 unspecified atom stereocenters. The van der Waals surface area contributed by atoms with Gasteiger partial charge >= 0.3 is 0 Å². The highest BCUT2D eigenvalue weighted by molar-refractivity contribution is 7.10. The SMILES string of the molecule is Clc1ccccc1CC1CCc2sccc2N1. The molecule has 1 N–H and O–H groups in total. The number of benzene rings is 1.